The molecule has 11 heteroatoms. The molecule has 0 bridgehead atoms. The Balaban J connectivity index is 0.000000159. The Hall–Kier alpha value is -5.97. The quantitative estimate of drug-likeness (QED) is 0.183. The Morgan fingerprint density at radius 3 is 1.45 bits per heavy atom. The third kappa shape index (κ3) is 5.49. The number of nitrogens with zero attached hydrogens (tertiary/aromatic N) is 6. The lowest BCUT2D eigenvalue weighted by atomic mass is 10.1. The lowest BCUT2D eigenvalue weighted by Gasteiger charge is -2.12. The molecule has 8 rings (SSSR count). The molecule has 4 aromatic heterocycles. The second-order valence-electron chi connectivity index (χ2n) is 12.5. The highest BCUT2D eigenvalue weighted by atomic mass is 19.1. The van der Waals surface area contributed by atoms with Crippen molar-refractivity contribution in [2.24, 2.45) is 0 Å². The van der Waals surface area contributed by atoms with E-state index in [2.05, 4.69) is 15.0 Å². The van der Waals surface area contributed by atoms with E-state index < -0.39 is 11.6 Å². The van der Waals surface area contributed by atoms with E-state index in [1.54, 1.807) is 25.1 Å². The summed E-state index contributed by atoms with van der Waals surface area (Å²) in [6.07, 6.45) is 0. The molecule has 0 N–H and O–H groups in total. The first-order valence-corrected chi connectivity index (χ1v) is 16.3. The van der Waals surface area contributed by atoms with Crippen LogP contribution in [0.1, 0.15) is 33.9 Å². The van der Waals surface area contributed by atoms with E-state index in [0.717, 1.165) is 45.1 Å². The molecule has 0 saturated heterocycles. The number of hydrogen-bond acceptors (Lipinski definition) is 6. The highest BCUT2D eigenvalue weighted by molar-refractivity contribution is 5.87. The highest BCUT2D eigenvalue weighted by Gasteiger charge is 2.22. The predicted octanol–water partition coefficient (Wildman–Crippen LogP) is 9.38. The van der Waals surface area contributed by atoms with Crippen LogP contribution in [-0.4, -0.2) is 43.0 Å². The van der Waals surface area contributed by atoms with Gasteiger partial charge in [-0.15, -0.1) is 0 Å². The molecule has 0 spiro atoms. The summed E-state index contributed by atoms with van der Waals surface area (Å²) in [7, 11) is 3.01. The molecule has 0 aliphatic heterocycles. The van der Waals surface area contributed by atoms with E-state index in [1.807, 2.05) is 73.8 Å². The normalized spacial score (nSPS) is 11.4. The standard InChI is InChI=1S/C20H17F2N3O.C20H18FN3O/c1-10-14(6-5-7-15(10)21)20-24-12(3)19-11(2)23-18-16(22)8-13(26-4)9-17(18)25(19)20;1-11-7-5-6-8-15(11)20-23-13(3)19-12(2)22-18-16(21)9-14(25-4)10-17(18)24(19)20/h5-9H,1-4H3;5-10H,1-4H3. The van der Waals surface area contributed by atoms with Gasteiger partial charge in [-0.3, -0.25) is 8.80 Å². The van der Waals surface area contributed by atoms with Crippen LogP contribution in [0.25, 0.3) is 55.9 Å². The number of benzene rings is 4. The Labute approximate surface area is 292 Å². The summed E-state index contributed by atoms with van der Waals surface area (Å²) in [6, 6.07) is 19.1. The number of rotatable bonds is 4. The molecule has 0 radical (unpaired) electrons. The molecular formula is C40H35F3N6O2. The molecular weight excluding hydrogens is 653 g/mol. The predicted molar refractivity (Wildman–Crippen MR) is 193 cm³/mol. The Morgan fingerprint density at radius 2 is 0.961 bits per heavy atom. The minimum absolute atomic E-state index is 0.225. The van der Waals surface area contributed by atoms with Crippen LogP contribution in [0.2, 0.25) is 0 Å². The van der Waals surface area contributed by atoms with Crippen molar-refractivity contribution >= 4 is 33.1 Å². The molecule has 0 atom stereocenters. The van der Waals surface area contributed by atoms with Crippen molar-refractivity contribution in [1.82, 2.24) is 28.7 Å². The third-order valence-corrected chi connectivity index (χ3v) is 9.23. The average Bonchev–Trinajstić information content (AvgIpc) is 3.65. The second-order valence-corrected chi connectivity index (χ2v) is 12.5. The fourth-order valence-corrected chi connectivity index (χ4v) is 6.77. The van der Waals surface area contributed by atoms with Gasteiger partial charge < -0.3 is 9.47 Å². The van der Waals surface area contributed by atoms with E-state index in [0.29, 0.717) is 50.7 Å². The van der Waals surface area contributed by atoms with Crippen molar-refractivity contribution in [2.45, 2.75) is 41.5 Å². The van der Waals surface area contributed by atoms with E-state index in [9.17, 15) is 13.2 Å². The average molecular weight is 689 g/mol. The van der Waals surface area contributed by atoms with Gasteiger partial charge in [-0.25, -0.2) is 33.1 Å². The fourth-order valence-electron chi connectivity index (χ4n) is 6.77. The molecule has 0 aliphatic carbocycles. The maximum absolute atomic E-state index is 14.6. The van der Waals surface area contributed by atoms with Gasteiger partial charge in [-0.2, -0.15) is 0 Å². The minimum Gasteiger partial charge on any atom is -0.497 e. The van der Waals surface area contributed by atoms with Crippen LogP contribution < -0.4 is 9.47 Å². The van der Waals surface area contributed by atoms with Crippen molar-refractivity contribution in [3.05, 3.63) is 118 Å². The third-order valence-electron chi connectivity index (χ3n) is 9.23. The second kappa shape index (κ2) is 12.7. The summed E-state index contributed by atoms with van der Waals surface area (Å²) in [5.41, 5.74) is 9.71. The highest BCUT2D eigenvalue weighted by Crippen LogP contribution is 2.34. The van der Waals surface area contributed by atoms with Crippen molar-refractivity contribution in [3.8, 4) is 34.3 Å². The largest absolute Gasteiger partial charge is 0.497 e. The first kappa shape index (κ1) is 33.5. The zero-order valence-electron chi connectivity index (χ0n) is 29.5. The maximum atomic E-state index is 14.6. The number of aryl methyl sites for hydroxylation is 5. The Bertz CT molecular complexity index is 2680. The first-order valence-electron chi connectivity index (χ1n) is 16.3. The van der Waals surface area contributed by atoms with Gasteiger partial charge in [0.25, 0.3) is 0 Å². The smallest absolute Gasteiger partial charge is 0.154 e. The Morgan fingerprint density at radius 1 is 0.510 bits per heavy atom. The lowest BCUT2D eigenvalue weighted by Crippen LogP contribution is -2.01. The van der Waals surface area contributed by atoms with Crippen molar-refractivity contribution in [3.63, 3.8) is 0 Å². The van der Waals surface area contributed by atoms with Crippen molar-refractivity contribution < 1.29 is 22.6 Å². The number of imidazole rings is 2. The molecule has 258 valence electrons. The summed E-state index contributed by atoms with van der Waals surface area (Å²) in [6.45, 7) is 11.3. The zero-order valence-corrected chi connectivity index (χ0v) is 29.5. The summed E-state index contributed by atoms with van der Waals surface area (Å²) in [4.78, 5) is 18.3. The molecule has 51 heavy (non-hydrogen) atoms. The van der Waals surface area contributed by atoms with Gasteiger partial charge in [0.05, 0.1) is 59.1 Å². The number of methoxy groups -OCH3 is 2. The lowest BCUT2D eigenvalue weighted by molar-refractivity contribution is 0.412. The SMILES string of the molecule is COc1cc(F)c2nc(C)c3c(C)nc(-c4cccc(F)c4C)n3c2c1.COc1cc(F)c2nc(C)c3c(C)nc(-c4ccccc4C)n3c2c1. The van der Waals surface area contributed by atoms with E-state index in [-0.39, 0.29) is 11.3 Å². The topological polar surface area (TPSA) is 78.8 Å². The molecule has 0 amide bonds. The van der Waals surface area contributed by atoms with Gasteiger partial charge in [0, 0.05) is 35.4 Å². The van der Waals surface area contributed by atoms with Crippen LogP contribution in [0.5, 0.6) is 11.5 Å². The Kier molecular flexibility index (Phi) is 8.37. The summed E-state index contributed by atoms with van der Waals surface area (Å²) in [5, 5.41) is 0. The van der Waals surface area contributed by atoms with E-state index in [4.69, 9.17) is 14.5 Å². The van der Waals surface area contributed by atoms with Gasteiger partial charge in [0.2, 0.25) is 0 Å². The summed E-state index contributed by atoms with van der Waals surface area (Å²) in [5.74, 6) is 0.996. The number of halogens is 3. The van der Waals surface area contributed by atoms with Crippen LogP contribution in [0.4, 0.5) is 13.2 Å². The van der Waals surface area contributed by atoms with Crippen LogP contribution in [0, 0.1) is 59.0 Å². The summed E-state index contributed by atoms with van der Waals surface area (Å²) < 4.78 is 57.6. The van der Waals surface area contributed by atoms with Crippen molar-refractivity contribution in [1.29, 1.82) is 0 Å². The summed E-state index contributed by atoms with van der Waals surface area (Å²) >= 11 is 0. The monoisotopic (exact) mass is 688 g/mol. The molecule has 8 aromatic rings. The van der Waals surface area contributed by atoms with Crippen LogP contribution in [0.15, 0.2) is 66.7 Å². The maximum Gasteiger partial charge on any atom is 0.154 e. The van der Waals surface area contributed by atoms with Gasteiger partial charge in [-0.1, -0.05) is 36.4 Å². The van der Waals surface area contributed by atoms with Gasteiger partial charge in [0.1, 0.15) is 40.0 Å². The molecule has 4 heterocycles. The molecule has 0 saturated carbocycles. The zero-order chi connectivity index (χ0) is 36.3. The van der Waals surface area contributed by atoms with Crippen LogP contribution in [-0.2, 0) is 0 Å². The number of aromatic nitrogens is 6. The number of fused-ring (bicyclic) bond motifs is 6. The van der Waals surface area contributed by atoms with Gasteiger partial charge in [-0.05, 0) is 58.7 Å². The fraction of sp³-hybridized carbons (Fsp3) is 0.200. The molecule has 4 aromatic carbocycles. The first-order chi connectivity index (χ1) is 24.4. The number of hydrogen-bond donors (Lipinski definition) is 0. The minimum atomic E-state index is -0.474. The van der Waals surface area contributed by atoms with Gasteiger partial charge >= 0.3 is 0 Å². The molecule has 0 aliphatic rings. The van der Waals surface area contributed by atoms with E-state index >= 15 is 0 Å². The molecule has 0 fully saturated rings. The van der Waals surface area contributed by atoms with Crippen LogP contribution >= 0.6 is 0 Å². The van der Waals surface area contributed by atoms with Gasteiger partial charge in [0.15, 0.2) is 11.6 Å². The van der Waals surface area contributed by atoms with Crippen molar-refractivity contribution in [2.75, 3.05) is 14.2 Å². The van der Waals surface area contributed by atoms with E-state index in [1.165, 1.54) is 32.4 Å². The number of ether oxygens (including phenoxy) is 2. The molecule has 8 nitrogen and oxygen atoms in total. The molecule has 0 unspecified atom stereocenters. The van der Waals surface area contributed by atoms with Crippen LogP contribution in [0.3, 0.4) is 0 Å².